The van der Waals surface area contributed by atoms with Gasteiger partial charge < -0.3 is 15.0 Å². The summed E-state index contributed by atoms with van der Waals surface area (Å²) in [6.45, 7) is 6.78. The number of rotatable bonds is 6. The van der Waals surface area contributed by atoms with E-state index in [1.807, 2.05) is 36.9 Å². The van der Waals surface area contributed by atoms with Crippen molar-refractivity contribution >= 4 is 21.8 Å². The van der Waals surface area contributed by atoms with E-state index in [0.717, 1.165) is 48.6 Å². The quantitative estimate of drug-likeness (QED) is 0.796. The molecule has 1 aliphatic heterocycles. The fourth-order valence-corrected chi connectivity index (χ4v) is 3.62. The topological polar surface area (TPSA) is 41.6 Å². The second kappa shape index (κ2) is 7.87. The van der Waals surface area contributed by atoms with Crippen molar-refractivity contribution in [3.63, 3.8) is 0 Å². The van der Waals surface area contributed by atoms with Crippen LogP contribution in [0.2, 0.25) is 0 Å². The number of ether oxygens (including phenoxy) is 1. The number of likely N-dealkylation sites (tertiary alicyclic amines) is 1. The van der Waals surface area contributed by atoms with Crippen LogP contribution in [0, 0.1) is 5.92 Å². The Morgan fingerprint density at radius 2 is 1.96 bits per heavy atom. The zero-order valence-corrected chi connectivity index (χ0v) is 16.1. The first-order valence-electron chi connectivity index (χ1n) is 9.01. The summed E-state index contributed by atoms with van der Waals surface area (Å²) >= 11 is 3.48. The maximum absolute atomic E-state index is 12.8. The van der Waals surface area contributed by atoms with Gasteiger partial charge in [0.1, 0.15) is 5.75 Å². The van der Waals surface area contributed by atoms with Gasteiger partial charge in [0.15, 0.2) is 0 Å². The maximum Gasteiger partial charge on any atom is 0.254 e. The highest BCUT2D eigenvalue weighted by Gasteiger charge is 2.26. The Morgan fingerprint density at radius 1 is 1.25 bits per heavy atom. The first kappa shape index (κ1) is 17.7. The molecule has 132 valence electrons. The fraction of sp³-hybridized carbons (Fsp3) is 0.632. The summed E-state index contributed by atoms with van der Waals surface area (Å²) in [5, 5.41) is 3.66. The van der Waals surface area contributed by atoms with Crippen molar-refractivity contribution < 1.29 is 9.53 Å². The summed E-state index contributed by atoms with van der Waals surface area (Å²) in [6, 6.07) is 6.21. The SMILES string of the molecule is CC(C)Oc1cc(Br)cc(C(=O)N2CCC(NCC3CC3)CC2)c1. The van der Waals surface area contributed by atoms with E-state index in [2.05, 4.69) is 21.2 Å². The number of carbonyl (C=O) groups excluding carboxylic acids is 1. The lowest BCUT2D eigenvalue weighted by molar-refractivity contribution is 0.0704. The van der Waals surface area contributed by atoms with E-state index >= 15 is 0 Å². The average Bonchev–Trinajstić information content (AvgIpc) is 3.36. The molecule has 0 unspecified atom stereocenters. The molecule has 2 fully saturated rings. The van der Waals surface area contributed by atoms with E-state index in [-0.39, 0.29) is 12.0 Å². The monoisotopic (exact) mass is 394 g/mol. The normalized spacial score (nSPS) is 18.9. The van der Waals surface area contributed by atoms with Crippen LogP contribution in [-0.2, 0) is 0 Å². The van der Waals surface area contributed by atoms with Gasteiger partial charge in [-0.2, -0.15) is 0 Å². The number of amides is 1. The molecule has 1 saturated heterocycles. The van der Waals surface area contributed by atoms with Gasteiger partial charge in [0, 0.05) is 29.2 Å². The number of hydrogen-bond acceptors (Lipinski definition) is 3. The average molecular weight is 395 g/mol. The highest BCUT2D eigenvalue weighted by Crippen LogP contribution is 2.28. The van der Waals surface area contributed by atoms with Crippen LogP contribution in [0.25, 0.3) is 0 Å². The number of carbonyl (C=O) groups is 1. The van der Waals surface area contributed by atoms with Crippen LogP contribution in [0.15, 0.2) is 22.7 Å². The fourth-order valence-electron chi connectivity index (χ4n) is 3.15. The van der Waals surface area contributed by atoms with Crippen molar-refractivity contribution in [3.05, 3.63) is 28.2 Å². The molecule has 0 spiro atoms. The first-order chi connectivity index (χ1) is 11.5. The molecule has 1 aromatic rings. The second-order valence-electron chi connectivity index (χ2n) is 7.26. The summed E-state index contributed by atoms with van der Waals surface area (Å²) < 4.78 is 6.62. The Morgan fingerprint density at radius 3 is 2.58 bits per heavy atom. The molecule has 5 heteroatoms. The van der Waals surface area contributed by atoms with Crippen LogP contribution < -0.4 is 10.1 Å². The molecule has 3 rings (SSSR count). The van der Waals surface area contributed by atoms with Gasteiger partial charge in [-0.1, -0.05) is 15.9 Å². The summed E-state index contributed by atoms with van der Waals surface area (Å²) in [5.74, 6) is 1.75. The molecule has 0 radical (unpaired) electrons. The molecule has 0 aromatic heterocycles. The predicted octanol–water partition coefficient (Wildman–Crippen LogP) is 3.84. The molecule has 0 atom stereocenters. The molecule has 1 saturated carbocycles. The Hall–Kier alpha value is -1.07. The van der Waals surface area contributed by atoms with E-state index in [9.17, 15) is 4.79 Å². The van der Waals surface area contributed by atoms with Gasteiger partial charge in [-0.25, -0.2) is 0 Å². The molecule has 1 aliphatic carbocycles. The van der Waals surface area contributed by atoms with Crippen molar-refractivity contribution in [1.82, 2.24) is 10.2 Å². The van der Waals surface area contributed by atoms with Gasteiger partial charge in [0.25, 0.3) is 5.91 Å². The Labute approximate surface area is 153 Å². The molecule has 0 bridgehead atoms. The number of nitrogens with zero attached hydrogens (tertiary/aromatic N) is 1. The minimum Gasteiger partial charge on any atom is -0.491 e. The largest absolute Gasteiger partial charge is 0.491 e. The van der Waals surface area contributed by atoms with Crippen LogP contribution in [-0.4, -0.2) is 42.6 Å². The third-order valence-electron chi connectivity index (χ3n) is 4.66. The zero-order valence-electron chi connectivity index (χ0n) is 14.6. The maximum atomic E-state index is 12.8. The van der Waals surface area contributed by atoms with E-state index in [1.54, 1.807) is 0 Å². The van der Waals surface area contributed by atoms with Gasteiger partial charge in [0.2, 0.25) is 0 Å². The van der Waals surface area contributed by atoms with Crippen molar-refractivity contribution in [2.75, 3.05) is 19.6 Å². The van der Waals surface area contributed by atoms with Crippen LogP contribution in [0.1, 0.15) is 49.9 Å². The zero-order chi connectivity index (χ0) is 17.1. The highest BCUT2D eigenvalue weighted by molar-refractivity contribution is 9.10. The minimum atomic E-state index is 0.0931. The lowest BCUT2D eigenvalue weighted by atomic mass is 10.0. The summed E-state index contributed by atoms with van der Waals surface area (Å²) in [6.07, 6.45) is 4.95. The molecule has 1 heterocycles. The molecular formula is C19H27BrN2O2. The van der Waals surface area contributed by atoms with Crippen LogP contribution >= 0.6 is 15.9 Å². The summed E-state index contributed by atoms with van der Waals surface area (Å²) in [4.78, 5) is 14.8. The number of hydrogen-bond donors (Lipinski definition) is 1. The molecule has 24 heavy (non-hydrogen) atoms. The second-order valence-corrected chi connectivity index (χ2v) is 8.18. The molecular weight excluding hydrogens is 368 g/mol. The van der Waals surface area contributed by atoms with Gasteiger partial charge in [-0.05, 0) is 70.2 Å². The van der Waals surface area contributed by atoms with Gasteiger partial charge >= 0.3 is 0 Å². The molecule has 4 nitrogen and oxygen atoms in total. The summed E-state index contributed by atoms with van der Waals surface area (Å²) in [5.41, 5.74) is 0.699. The van der Waals surface area contributed by atoms with E-state index in [1.165, 1.54) is 12.8 Å². The third-order valence-corrected chi connectivity index (χ3v) is 5.12. The van der Waals surface area contributed by atoms with Gasteiger partial charge in [-0.15, -0.1) is 0 Å². The van der Waals surface area contributed by atoms with Crippen LogP contribution in [0.5, 0.6) is 5.75 Å². The van der Waals surface area contributed by atoms with E-state index in [4.69, 9.17) is 4.74 Å². The lowest BCUT2D eigenvalue weighted by Gasteiger charge is -2.32. The van der Waals surface area contributed by atoms with Crippen molar-refractivity contribution in [2.24, 2.45) is 5.92 Å². The Kier molecular flexibility index (Phi) is 5.82. The van der Waals surface area contributed by atoms with Crippen molar-refractivity contribution in [1.29, 1.82) is 0 Å². The Balaban J connectivity index is 1.57. The minimum absolute atomic E-state index is 0.0931. The standard InChI is InChI=1S/C19H27BrN2O2/c1-13(2)24-18-10-15(9-16(20)11-18)19(23)22-7-5-17(6-8-22)21-12-14-3-4-14/h9-11,13-14,17,21H,3-8,12H2,1-2H3. The van der Waals surface area contributed by atoms with Crippen LogP contribution in [0.4, 0.5) is 0 Å². The number of halogens is 1. The van der Waals surface area contributed by atoms with E-state index < -0.39 is 0 Å². The smallest absolute Gasteiger partial charge is 0.254 e. The van der Waals surface area contributed by atoms with Crippen molar-refractivity contribution in [3.8, 4) is 5.75 Å². The van der Waals surface area contributed by atoms with E-state index in [0.29, 0.717) is 11.6 Å². The number of nitrogens with one attached hydrogen (secondary N) is 1. The van der Waals surface area contributed by atoms with Crippen LogP contribution in [0.3, 0.4) is 0 Å². The van der Waals surface area contributed by atoms with Crippen molar-refractivity contribution in [2.45, 2.75) is 51.7 Å². The molecule has 1 N–H and O–H groups in total. The van der Waals surface area contributed by atoms with Gasteiger partial charge in [0.05, 0.1) is 6.10 Å². The first-order valence-corrected chi connectivity index (χ1v) is 9.80. The number of benzene rings is 1. The lowest BCUT2D eigenvalue weighted by Crippen LogP contribution is -2.45. The number of piperidine rings is 1. The predicted molar refractivity (Wildman–Crippen MR) is 99.6 cm³/mol. The molecule has 1 amide bonds. The Bertz CT molecular complexity index is 579. The highest BCUT2D eigenvalue weighted by atomic mass is 79.9. The summed E-state index contributed by atoms with van der Waals surface area (Å²) in [7, 11) is 0. The molecule has 2 aliphatic rings. The molecule has 1 aromatic carbocycles. The third kappa shape index (κ3) is 4.96. The van der Waals surface area contributed by atoms with Gasteiger partial charge in [-0.3, -0.25) is 4.79 Å².